The molecule has 11 rings (SSSR count). The Morgan fingerprint density at radius 1 is 0.906 bits per heavy atom. The van der Waals surface area contributed by atoms with E-state index >= 15 is 13.6 Å². The lowest BCUT2D eigenvalue weighted by Gasteiger charge is -2.48. The molecule has 4 aromatic rings. The summed E-state index contributed by atoms with van der Waals surface area (Å²) < 4.78 is 41.3. The minimum Gasteiger partial charge on any atom is -0.383 e. The van der Waals surface area contributed by atoms with Gasteiger partial charge in [0.25, 0.3) is 11.8 Å². The smallest absolute Gasteiger partial charge is 0.272 e. The molecule has 0 spiro atoms. The maximum Gasteiger partial charge on any atom is 0.272 e. The predicted octanol–water partition coefficient (Wildman–Crippen LogP) is 4.55. The number of methoxy groups -OCH3 is 1. The molecule has 334 valence electrons. The second-order valence-corrected chi connectivity index (χ2v) is 19.1. The predicted molar refractivity (Wildman–Crippen MR) is 231 cm³/mol. The van der Waals surface area contributed by atoms with E-state index in [9.17, 15) is 19.8 Å². The molecule has 4 aliphatic heterocycles. The van der Waals surface area contributed by atoms with Crippen LogP contribution in [0.25, 0.3) is 22.8 Å². The second-order valence-electron chi connectivity index (χ2n) is 19.1. The SMILES string of the molecule is COCCN(C)Cc1c(C(=O)NC23CC(C2)n2c(nc(C(N)=O)c2CNC(=O)C2CC2)-c2cc(C#CC(C)(C)O)c(F)cc23)nc2n1C1CC(C1)c1cc(F)c(C#CC(C)(C)O)cc1-2. The summed E-state index contributed by atoms with van der Waals surface area (Å²) in [5, 5.41) is 27.0. The highest BCUT2D eigenvalue weighted by Gasteiger charge is 2.54. The van der Waals surface area contributed by atoms with Gasteiger partial charge in [-0.1, -0.05) is 23.7 Å². The normalized spacial score (nSPS) is 21.2. The van der Waals surface area contributed by atoms with Crippen molar-refractivity contribution in [1.29, 1.82) is 0 Å². The van der Waals surface area contributed by atoms with Crippen LogP contribution >= 0.6 is 0 Å². The van der Waals surface area contributed by atoms with E-state index in [0.29, 0.717) is 59.4 Å². The summed E-state index contributed by atoms with van der Waals surface area (Å²) in [5.74, 6) is 9.17. The van der Waals surface area contributed by atoms with Gasteiger partial charge in [-0.2, -0.15) is 0 Å². The van der Waals surface area contributed by atoms with Gasteiger partial charge in [-0.05, 0) is 115 Å². The number of carbonyl (C=O) groups excluding carboxylic acids is 3. The number of ether oxygens (including phenoxy) is 1. The van der Waals surface area contributed by atoms with E-state index in [1.165, 1.54) is 45.9 Å². The first-order valence-corrected chi connectivity index (χ1v) is 21.7. The van der Waals surface area contributed by atoms with E-state index in [1.54, 1.807) is 13.2 Å². The maximum atomic E-state index is 16.3. The number of benzene rings is 2. The standard InChI is InChI=1S/C48H52F2N8O6/c1-46(2,62)11-9-26-17-32-31(19-35(26)49)28-15-29(16-28)57-38(24-56(5)13-14-64-6)40(54-42(32)57)45(61)55-48-21-30(22-48)58-37(23-52-44(60)25-7-8-25)39(41(51)59)53-43(58)33-18-27(10-12-47(3,4)63)36(50)20-34(33)48/h17-20,25,28-30,62-63H,7-8,13-16,21-24H2,1-6H3,(H2,51,59)(H,52,60)(H,55,61). The molecule has 4 bridgehead atoms. The molecule has 2 aromatic heterocycles. The van der Waals surface area contributed by atoms with Gasteiger partial charge in [-0.15, -0.1) is 0 Å². The van der Waals surface area contributed by atoms with Crippen molar-refractivity contribution in [2.45, 2.75) is 114 Å². The molecule has 64 heavy (non-hydrogen) atoms. The van der Waals surface area contributed by atoms with Gasteiger partial charge in [0, 0.05) is 49.3 Å². The summed E-state index contributed by atoms with van der Waals surface area (Å²) in [4.78, 5) is 52.8. The Balaban J connectivity index is 1.17. The zero-order valence-electron chi connectivity index (χ0n) is 36.8. The molecule has 3 amide bonds. The lowest BCUT2D eigenvalue weighted by atomic mass is 9.67. The number of aliphatic hydroxyl groups is 2. The fraction of sp³-hybridized carbons (Fsp3) is 0.479. The number of hydrogen-bond donors (Lipinski definition) is 5. The zero-order chi connectivity index (χ0) is 45.6. The van der Waals surface area contributed by atoms with Crippen LogP contribution in [0.15, 0.2) is 24.3 Å². The van der Waals surface area contributed by atoms with E-state index < -0.39 is 40.2 Å². The van der Waals surface area contributed by atoms with Gasteiger partial charge < -0.3 is 40.5 Å². The second kappa shape index (κ2) is 15.7. The van der Waals surface area contributed by atoms with Gasteiger partial charge in [0.2, 0.25) is 5.91 Å². The highest BCUT2D eigenvalue weighted by Crippen LogP contribution is 2.57. The van der Waals surface area contributed by atoms with Crippen molar-refractivity contribution in [3.05, 3.63) is 80.9 Å². The fourth-order valence-corrected chi connectivity index (χ4v) is 9.59. The molecule has 0 saturated heterocycles. The number of nitrogens with zero attached hydrogens (tertiary/aromatic N) is 5. The zero-order valence-corrected chi connectivity index (χ0v) is 36.8. The van der Waals surface area contributed by atoms with Gasteiger partial charge in [-0.25, -0.2) is 18.7 Å². The molecule has 7 aliphatic rings. The van der Waals surface area contributed by atoms with Gasteiger partial charge in [-0.3, -0.25) is 19.3 Å². The summed E-state index contributed by atoms with van der Waals surface area (Å²) in [6, 6.07) is 5.65. The average molecular weight is 875 g/mol. The van der Waals surface area contributed by atoms with Crippen LogP contribution in [0.2, 0.25) is 0 Å². The first kappa shape index (κ1) is 43.3. The van der Waals surface area contributed by atoms with E-state index in [2.05, 4.69) is 38.9 Å². The Kier molecular flexibility index (Phi) is 10.6. The van der Waals surface area contributed by atoms with Crippen molar-refractivity contribution in [2.24, 2.45) is 11.7 Å². The topological polar surface area (TPSA) is 190 Å². The van der Waals surface area contributed by atoms with Crippen molar-refractivity contribution in [2.75, 3.05) is 27.3 Å². The average Bonchev–Trinajstić information content (AvgIpc) is 3.95. The van der Waals surface area contributed by atoms with Gasteiger partial charge in [0.05, 0.1) is 41.2 Å². The molecule has 3 saturated carbocycles. The molecule has 16 heteroatoms. The number of halogens is 2. The Hall–Kier alpha value is -5.91. The van der Waals surface area contributed by atoms with Crippen molar-refractivity contribution in [3.8, 4) is 46.5 Å². The number of nitrogens with one attached hydrogen (secondary N) is 2. The van der Waals surface area contributed by atoms with Crippen molar-refractivity contribution in [3.63, 3.8) is 0 Å². The number of likely N-dealkylation sites (N-methyl/N-ethyl adjacent to an activating group) is 1. The first-order valence-electron chi connectivity index (χ1n) is 21.7. The van der Waals surface area contributed by atoms with E-state index in [0.717, 1.165) is 31.2 Å². The van der Waals surface area contributed by atoms with Crippen molar-refractivity contribution >= 4 is 17.7 Å². The maximum absolute atomic E-state index is 16.3. The van der Waals surface area contributed by atoms with Crippen LogP contribution in [-0.4, -0.2) is 90.4 Å². The van der Waals surface area contributed by atoms with Crippen LogP contribution in [-0.2, 0) is 28.2 Å². The number of nitrogens with two attached hydrogens (primary N) is 1. The third-order valence-electron chi connectivity index (χ3n) is 13.0. The quantitative estimate of drug-likeness (QED) is 0.135. The van der Waals surface area contributed by atoms with E-state index in [-0.39, 0.29) is 71.7 Å². The number of aromatic nitrogens is 4. The number of primary amides is 1. The third-order valence-corrected chi connectivity index (χ3v) is 13.0. The molecule has 2 aromatic carbocycles. The van der Waals surface area contributed by atoms with Gasteiger partial charge in [0.1, 0.15) is 34.5 Å². The Bertz CT molecular complexity index is 2760. The molecule has 6 heterocycles. The van der Waals surface area contributed by atoms with Gasteiger partial charge >= 0.3 is 0 Å². The van der Waals surface area contributed by atoms with Crippen molar-refractivity contribution < 1.29 is 38.1 Å². The minimum atomic E-state index is -1.43. The fourth-order valence-electron chi connectivity index (χ4n) is 9.59. The minimum absolute atomic E-state index is 0.0149. The lowest BCUT2D eigenvalue weighted by Crippen LogP contribution is -2.55. The summed E-state index contributed by atoms with van der Waals surface area (Å²) in [6.45, 7) is 7.34. The Morgan fingerprint density at radius 3 is 2.11 bits per heavy atom. The Labute approximate surface area is 370 Å². The van der Waals surface area contributed by atoms with Crippen LogP contribution in [0.1, 0.15) is 139 Å². The van der Waals surface area contributed by atoms with Crippen LogP contribution in [0.5, 0.6) is 0 Å². The molecule has 6 N–H and O–H groups in total. The molecule has 0 radical (unpaired) electrons. The molecule has 3 fully saturated rings. The van der Waals surface area contributed by atoms with Crippen molar-refractivity contribution in [1.82, 2.24) is 34.6 Å². The number of amides is 3. The lowest BCUT2D eigenvalue weighted by molar-refractivity contribution is -0.122. The number of carbonyl (C=O) groups is 3. The van der Waals surface area contributed by atoms with E-state index in [4.69, 9.17) is 20.4 Å². The molecular weight excluding hydrogens is 823 g/mol. The third kappa shape index (κ3) is 7.87. The summed E-state index contributed by atoms with van der Waals surface area (Å²) in [6.07, 6.45) is 3.56. The highest BCUT2D eigenvalue weighted by atomic mass is 19.1. The first-order chi connectivity index (χ1) is 30.2. The number of rotatable bonds is 11. The largest absolute Gasteiger partial charge is 0.383 e. The summed E-state index contributed by atoms with van der Waals surface area (Å²) in [7, 11) is 3.55. The summed E-state index contributed by atoms with van der Waals surface area (Å²) >= 11 is 0. The molecule has 14 nitrogen and oxygen atoms in total. The molecular formula is C48H52F2N8O6. The van der Waals surface area contributed by atoms with Crippen LogP contribution in [0.4, 0.5) is 8.78 Å². The van der Waals surface area contributed by atoms with Crippen LogP contribution in [0, 0.1) is 41.2 Å². The number of hydrogen-bond acceptors (Lipinski definition) is 9. The number of imidazole rings is 2. The van der Waals surface area contributed by atoms with Crippen LogP contribution < -0.4 is 16.4 Å². The Morgan fingerprint density at radius 2 is 1.50 bits per heavy atom. The molecule has 0 unspecified atom stereocenters. The van der Waals surface area contributed by atoms with Gasteiger partial charge in [0.15, 0.2) is 11.4 Å². The monoisotopic (exact) mass is 874 g/mol. The molecule has 0 atom stereocenters. The van der Waals surface area contributed by atoms with E-state index in [1.807, 2.05) is 16.5 Å². The summed E-state index contributed by atoms with van der Waals surface area (Å²) in [5.41, 5.74) is 5.50. The highest BCUT2D eigenvalue weighted by molar-refractivity contribution is 5.96. The van der Waals surface area contributed by atoms with Crippen LogP contribution in [0.3, 0.4) is 0 Å². The molecule has 3 aliphatic carbocycles.